The summed E-state index contributed by atoms with van der Waals surface area (Å²) in [6.45, 7) is -0.551. The Morgan fingerprint density at radius 3 is 2.58 bits per heavy atom. The van der Waals surface area contributed by atoms with Crippen molar-refractivity contribution in [2.45, 2.75) is 13.1 Å². The van der Waals surface area contributed by atoms with Crippen LogP contribution in [0.3, 0.4) is 0 Å². The van der Waals surface area contributed by atoms with E-state index in [0.717, 1.165) is 0 Å². The van der Waals surface area contributed by atoms with Gasteiger partial charge in [-0.05, 0) is 24.6 Å². The molecule has 19 heavy (non-hydrogen) atoms. The molecule has 0 spiro atoms. The Morgan fingerprint density at radius 1 is 1.47 bits per heavy atom. The van der Waals surface area contributed by atoms with Crippen molar-refractivity contribution in [1.29, 1.82) is 5.26 Å². The summed E-state index contributed by atoms with van der Waals surface area (Å²) in [5, 5.41) is 17.6. The molecule has 0 aliphatic rings. The molecule has 0 aromatic heterocycles. The smallest absolute Gasteiger partial charge is 0.405 e. The number of rotatable bonds is 4. The van der Waals surface area contributed by atoms with E-state index in [9.17, 15) is 18.0 Å². The molecule has 0 saturated heterocycles. The second kappa shape index (κ2) is 5.61. The van der Waals surface area contributed by atoms with Crippen LogP contribution in [0, 0.1) is 18.3 Å². The first kappa shape index (κ1) is 14.8. The standard InChI is InChI=1S/C12H11F3N2O2/c1-8-2-3-10(9(4-8)5-16)17(6-11(18)19)7-12(13,14)15/h2-4H,6-7H2,1H3,(H,18,19). The van der Waals surface area contributed by atoms with E-state index in [1.807, 2.05) is 0 Å². The number of anilines is 1. The monoisotopic (exact) mass is 272 g/mol. The van der Waals surface area contributed by atoms with Gasteiger partial charge in [0.2, 0.25) is 0 Å². The summed E-state index contributed by atoms with van der Waals surface area (Å²) in [5.41, 5.74) is 0.695. The summed E-state index contributed by atoms with van der Waals surface area (Å²) in [6, 6.07) is 6.04. The van der Waals surface area contributed by atoms with Gasteiger partial charge in [0, 0.05) is 0 Å². The van der Waals surface area contributed by atoms with Gasteiger partial charge in [-0.25, -0.2) is 0 Å². The number of hydrogen-bond donors (Lipinski definition) is 1. The summed E-state index contributed by atoms with van der Waals surface area (Å²) in [4.78, 5) is 11.3. The van der Waals surface area contributed by atoms with Crippen LogP contribution in [0.15, 0.2) is 18.2 Å². The first-order valence-electron chi connectivity index (χ1n) is 5.27. The van der Waals surface area contributed by atoms with Gasteiger partial charge >= 0.3 is 12.1 Å². The van der Waals surface area contributed by atoms with E-state index < -0.39 is 25.2 Å². The summed E-state index contributed by atoms with van der Waals surface area (Å²) in [7, 11) is 0. The van der Waals surface area contributed by atoms with Gasteiger partial charge in [0.15, 0.2) is 0 Å². The normalized spacial score (nSPS) is 10.9. The molecular formula is C12H11F3N2O2. The van der Waals surface area contributed by atoms with Gasteiger partial charge in [0.25, 0.3) is 0 Å². The lowest BCUT2D eigenvalue weighted by atomic mass is 10.1. The van der Waals surface area contributed by atoms with E-state index in [1.54, 1.807) is 13.0 Å². The predicted molar refractivity (Wildman–Crippen MR) is 61.8 cm³/mol. The van der Waals surface area contributed by atoms with Crippen molar-refractivity contribution in [2.75, 3.05) is 18.0 Å². The molecule has 7 heteroatoms. The molecule has 1 aromatic carbocycles. The average molecular weight is 272 g/mol. The minimum Gasteiger partial charge on any atom is -0.480 e. The molecule has 4 nitrogen and oxygen atoms in total. The van der Waals surface area contributed by atoms with Crippen molar-refractivity contribution in [1.82, 2.24) is 0 Å². The maximum atomic E-state index is 12.4. The van der Waals surface area contributed by atoms with Gasteiger partial charge in [-0.1, -0.05) is 6.07 Å². The van der Waals surface area contributed by atoms with Crippen molar-refractivity contribution >= 4 is 11.7 Å². The fraction of sp³-hybridized carbons (Fsp3) is 0.333. The number of benzene rings is 1. The van der Waals surface area contributed by atoms with Gasteiger partial charge in [-0.15, -0.1) is 0 Å². The lowest BCUT2D eigenvalue weighted by Gasteiger charge is -2.25. The summed E-state index contributed by atoms with van der Waals surface area (Å²) < 4.78 is 37.3. The molecule has 0 amide bonds. The molecule has 0 bridgehead atoms. The molecule has 1 N–H and O–H groups in total. The number of carboxylic acids is 1. The number of aryl methyl sites for hydroxylation is 1. The van der Waals surface area contributed by atoms with E-state index in [0.29, 0.717) is 10.5 Å². The number of carboxylic acid groups (broad SMARTS) is 1. The molecule has 102 valence electrons. The van der Waals surface area contributed by atoms with E-state index >= 15 is 0 Å². The highest BCUT2D eigenvalue weighted by atomic mass is 19.4. The van der Waals surface area contributed by atoms with Crippen LogP contribution in [0.5, 0.6) is 0 Å². The maximum absolute atomic E-state index is 12.4. The number of halogens is 3. The number of nitrogens with zero attached hydrogens (tertiary/aromatic N) is 2. The van der Waals surface area contributed by atoms with E-state index in [4.69, 9.17) is 10.4 Å². The first-order chi connectivity index (χ1) is 8.73. The molecule has 1 rings (SSSR count). The molecule has 0 fully saturated rings. The number of alkyl halides is 3. The number of carbonyl (C=O) groups is 1. The largest absolute Gasteiger partial charge is 0.480 e. The molecular weight excluding hydrogens is 261 g/mol. The Bertz CT molecular complexity index is 521. The third-order valence-corrected chi connectivity index (χ3v) is 2.31. The molecule has 0 radical (unpaired) electrons. The van der Waals surface area contributed by atoms with Crippen LogP contribution < -0.4 is 4.90 Å². The van der Waals surface area contributed by atoms with Crippen molar-refractivity contribution < 1.29 is 23.1 Å². The van der Waals surface area contributed by atoms with Crippen LogP contribution in [0.2, 0.25) is 0 Å². The Hall–Kier alpha value is -2.23. The predicted octanol–water partition coefficient (Wildman–Crippen LogP) is 2.32. The quantitative estimate of drug-likeness (QED) is 0.913. The highest BCUT2D eigenvalue weighted by Gasteiger charge is 2.32. The minimum atomic E-state index is -4.55. The van der Waals surface area contributed by atoms with Gasteiger partial charge in [-0.3, -0.25) is 4.79 Å². The van der Waals surface area contributed by atoms with Crippen LogP contribution in [-0.4, -0.2) is 30.3 Å². The van der Waals surface area contributed by atoms with Crippen molar-refractivity contribution in [3.63, 3.8) is 0 Å². The van der Waals surface area contributed by atoms with Crippen LogP contribution in [0.4, 0.5) is 18.9 Å². The summed E-state index contributed by atoms with van der Waals surface area (Å²) in [6.07, 6.45) is -4.55. The molecule has 0 aliphatic carbocycles. The molecule has 1 aromatic rings. The number of hydrogen-bond acceptors (Lipinski definition) is 3. The average Bonchev–Trinajstić information content (AvgIpc) is 2.25. The van der Waals surface area contributed by atoms with Crippen molar-refractivity contribution in [3.8, 4) is 6.07 Å². The van der Waals surface area contributed by atoms with Crippen LogP contribution >= 0.6 is 0 Å². The highest BCUT2D eigenvalue weighted by molar-refractivity contribution is 5.75. The van der Waals surface area contributed by atoms with E-state index in [2.05, 4.69) is 0 Å². The SMILES string of the molecule is Cc1ccc(N(CC(=O)O)CC(F)(F)F)c(C#N)c1. The van der Waals surface area contributed by atoms with E-state index in [1.165, 1.54) is 18.2 Å². The second-order valence-corrected chi connectivity index (χ2v) is 4.00. The highest BCUT2D eigenvalue weighted by Crippen LogP contribution is 2.25. The lowest BCUT2D eigenvalue weighted by molar-refractivity contribution is -0.136. The van der Waals surface area contributed by atoms with Crippen molar-refractivity contribution in [2.24, 2.45) is 0 Å². The lowest BCUT2D eigenvalue weighted by Crippen LogP contribution is -2.38. The van der Waals surface area contributed by atoms with Gasteiger partial charge < -0.3 is 10.0 Å². The summed E-state index contributed by atoms with van der Waals surface area (Å²) in [5.74, 6) is -1.39. The van der Waals surface area contributed by atoms with Gasteiger partial charge in [0.05, 0.1) is 11.3 Å². The summed E-state index contributed by atoms with van der Waals surface area (Å²) >= 11 is 0. The third kappa shape index (κ3) is 4.50. The number of nitriles is 1. The zero-order valence-electron chi connectivity index (χ0n) is 10.0. The van der Waals surface area contributed by atoms with Gasteiger partial charge in [-0.2, -0.15) is 18.4 Å². The Labute approximate surface area is 107 Å². The van der Waals surface area contributed by atoms with Crippen LogP contribution in [-0.2, 0) is 4.79 Å². The number of aliphatic carboxylic acids is 1. The molecule has 0 aliphatic heterocycles. The zero-order chi connectivity index (χ0) is 14.6. The Kier molecular flexibility index (Phi) is 4.38. The molecule has 0 atom stereocenters. The van der Waals surface area contributed by atoms with Crippen LogP contribution in [0.1, 0.15) is 11.1 Å². The Balaban J connectivity index is 3.17. The topological polar surface area (TPSA) is 64.3 Å². The molecule has 0 unspecified atom stereocenters. The zero-order valence-corrected chi connectivity index (χ0v) is 10.0. The third-order valence-electron chi connectivity index (χ3n) is 2.31. The second-order valence-electron chi connectivity index (χ2n) is 4.00. The maximum Gasteiger partial charge on any atom is 0.405 e. The minimum absolute atomic E-state index is 0.0190. The fourth-order valence-corrected chi connectivity index (χ4v) is 1.62. The first-order valence-corrected chi connectivity index (χ1v) is 5.27. The molecule has 0 saturated carbocycles. The fourth-order valence-electron chi connectivity index (χ4n) is 1.62. The van der Waals surface area contributed by atoms with Crippen molar-refractivity contribution in [3.05, 3.63) is 29.3 Å². The molecule has 0 heterocycles. The van der Waals surface area contributed by atoms with Crippen LogP contribution in [0.25, 0.3) is 0 Å². The van der Waals surface area contributed by atoms with Gasteiger partial charge in [0.1, 0.15) is 19.2 Å². The van der Waals surface area contributed by atoms with E-state index in [-0.39, 0.29) is 11.3 Å². The Morgan fingerprint density at radius 2 is 2.11 bits per heavy atom.